The first-order valence-electron chi connectivity index (χ1n) is 5.01. The molecule has 0 bridgehead atoms. The lowest BCUT2D eigenvalue weighted by Gasteiger charge is -2.30. The summed E-state index contributed by atoms with van der Waals surface area (Å²) >= 11 is 0. The molecule has 0 radical (unpaired) electrons. The number of carbonyl (C=O) groups is 1. The Balaban J connectivity index is 2.42. The van der Waals surface area contributed by atoms with E-state index in [0.29, 0.717) is 12.2 Å². The molecule has 1 aliphatic carbocycles. The fourth-order valence-corrected chi connectivity index (χ4v) is 2.46. The van der Waals surface area contributed by atoms with E-state index in [1.54, 1.807) is 6.92 Å². The van der Waals surface area contributed by atoms with Crippen LogP contribution in [0.15, 0.2) is 16.3 Å². The lowest BCUT2D eigenvalue weighted by Crippen LogP contribution is -2.35. The monoisotopic (exact) mass is 207 g/mol. The predicted molar refractivity (Wildman–Crippen MR) is 53.9 cm³/mol. The van der Waals surface area contributed by atoms with Gasteiger partial charge in [0.1, 0.15) is 0 Å². The maximum absolute atomic E-state index is 11.3. The van der Waals surface area contributed by atoms with Crippen molar-refractivity contribution >= 4 is 5.97 Å². The molecule has 0 aromatic rings. The van der Waals surface area contributed by atoms with Crippen LogP contribution in [0, 0.1) is 5.92 Å². The van der Waals surface area contributed by atoms with E-state index in [9.17, 15) is 4.79 Å². The van der Waals surface area contributed by atoms with E-state index in [0.717, 1.165) is 18.4 Å². The van der Waals surface area contributed by atoms with Gasteiger partial charge in [0, 0.05) is 16.4 Å². The second-order valence-electron chi connectivity index (χ2n) is 4.35. The molecule has 1 saturated carbocycles. The first-order chi connectivity index (χ1) is 7.08. The molecule has 0 aromatic carbocycles. The molecule has 0 aromatic heterocycles. The largest absolute Gasteiger partial charge is 0.462 e. The minimum absolute atomic E-state index is 0.0751. The minimum atomic E-state index is -0.425. The summed E-state index contributed by atoms with van der Waals surface area (Å²) in [5, 5.41) is 3.85. The third-order valence-corrected chi connectivity index (χ3v) is 3.51. The fraction of sp³-hybridized carbons (Fsp3) is 0.700. The summed E-state index contributed by atoms with van der Waals surface area (Å²) in [5.74, 6) is -0.155. The zero-order valence-corrected chi connectivity index (χ0v) is 8.86. The van der Waals surface area contributed by atoms with Gasteiger partial charge in [-0.05, 0) is 25.3 Å². The summed E-state index contributed by atoms with van der Waals surface area (Å²) in [5.41, 5.74) is 9.92. The van der Waals surface area contributed by atoms with Crippen molar-refractivity contribution in [2.24, 2.45) is 11.0 Å². The van der Waals surface area contributed by atoms with E-state index in [1.807, 2.05) is 6.92 Å². The molecule has 2 atom stereocenters. The lowest BCUT2D eigenvalue weighted by atomic mass is 9.86. The van der Waals surface area contributed by atoms with Gasteiger partial charge in [-0.15, -0.1) is 0 Å². The molecule has 0 spiro atoms. The number of hydrogen-bond acceptors (Lipinski definition) is 3. The van der Waals surface area contributed by atoms with Gasteiger partial charge >= 0.3 is 5.97 Å². The minimum Gasteiger partial charge on any atom is -0.462 e. The normalized spacial score (nSPS) is 34.5. The van der Waals surface area contributed by atoms with Crippen molar-refractivity contribution in [3.05, 3.63) is 21.6 Å². The molecule has 15 heavy (non-hydrogen) atoms. The fourth-order valence-electron chi connectivity index (χ4n) is 2.46. The van der Waals surface area contributed by atoms with E-state index in [4.69, 9.17) is 10.3 Å². The van der Waals surface area contributed by atoms with Gasteiger partial charge in [-0.25, -0.2) is 4.79 Å². The third-order valence-electron chi connectivity index (χ3n) is 3.51. The number of ether oxygens (including phenoxy) is 1. The van der Waals surface area contributed by atoms with E-state index in [2.05, 4.69) is 10.0 Å². The van der Waals surface area contributed by atoms with Crippen molar-refractivity contribution in [2.45, 2.75) is 32.2 Å². The summed E-state index contributed by atoms with van der Waals surface area (Å²) < 4.78 is 5.07. The molecule has 2 rings (SSSR count). The van der Waals surface area contributed by atoms with Crippen LogP contribution in [0.25, 0.3) is 10.4 Å². The standard InChI is InChI=1S/C10H13N3O2/c1-6-7-3-4-10(2,12-13-11)8(7)5-15-9(6)14/h8H,3-5H2,1-2H3/t8-,10+/m0/s1. The van der Waals surface area contributed by atoms with E-state index in [-0.39, 0.29) is 11.9 Å². The van der Waals surface area contributed by atoms with Gasteiger partial charge in [0.15, 0.2) is 0 Å². The highest BCUT2D eigenvalue weighted by Gasteiger charge is 2.45. The topological polar surface area (TPSA) is 75.1 Å². The highest BCUT2D eigenvalue weighted by molar-refractivity contribution is 5.89. The summed E-state index contributed by atoms with van der Waals surface area (Å²) in [6.45, 7) is 4.06. The smallest absolute Gasteiger partial charge is 0.333 e. The highest BCUT2D eigenvalue weighted by atomic mass is 16.5. The predicted octanol–water partition coefficient (Wildman–Crippen LogP) is 2.34. The van der Waals surface area contributed by atoms with E-state index in [1.165, 1.54) is 0 Å². The van der Waals surface area contributed by atoms with Crippen LogP contribution in [0.2, 0.25) is 0 Å². The summed E-state index contributed by atoms with van der Waals surface area (Å²) in [7, 11) is 0. The number of rotatable bonds is 1. The molecule has 80 valence electrons. The number of nitrogens with zero attached hydrogens (tertiary/aromatic N) is 3. The van der Waals surface area contributed by atoms with Gasteiger partial charge in [-0.3, -0.25) is 0 Å². The van der Waals surface area contributed by atoms with Crippen molar-refractivity contribution in [1.82, 2.24) is 0 Å². The molecule has 0 N–H and O–H groups in total. The summed E-state index contributed by atoms with van der Waals surface area (Å²) in [6.07, 6.45) is 1.63. The molecule has 2 aliphatic rings. The molecule has 1 heterocycles. The van der Waals surface area contributed by atoms with Crippen molar-refractivity contribution in [1.29, 1.82) is 0 Å². The number of esters is 1. The van der Waals surface area contributed by atoms with Crippen LogP contribution >= 0.6 is 0 Å². The second-order valence-corrected chi connectivity index (χ2v) is 4.35. The molecule has 5 nitrogen and oxygen atoms in total. The van der Waals surface area contributed by atoms with Crippen LogP contribution in [0.5, 0.6) is 0 Å². The Morgan fingerprint density at radius 1 is 1.67 bits per heavy atom. The first kappa shape index (κ1) is 10.1. The van der Waals surface area contributed by atoms with Crippen molar-refractivity contribution in [2.75, 3.05) is 6.61 Å². The maximum atomic E-state index is 11.3. The maximum Gasteiger partial charge on any atom is 0.333 e. The molecule has 5 heteroatoms. The molecule has 0 saturated heterocycles. The molecule has 1 fully saturated rings. The Morgan fingerprint density at radius 2 is 2.40 bits per heavy atom. The van der Waals surface area contributed by atoms with Gasteiger partial charge in [0.2, 0.25) is 0 Å². The lowest BCUT2D eigenvalue weighted by molar-refractivity contribution is -0.141. The third kappa shape index (κ3) is 1.39. The SMILES string of the molecule is CC1=C2CC[C@@](C)(N=[N+]=[N-])[C@H]2COC1=O. The molecular formula is C10H13N3O2. The van der Waals surface area contributed by atoms with Crippen LogP contribution in [0.4, 0.5) is 0 Å². The Morgan fingerprint density at radius 3 is 3.07 bits per heavy atom. The molecule has 1 aliphatic heterocycles. The summed E-state index contributed by atoms with van der Waals surface area (Å²) in [4.78, 5) is 14.2. The summed E-state index contributed by atoms with van der Waals surface area (Å²) in [6, 6.07) is 0. The Labute approximate surface area is 87.7 Å². The van der Waals surface area contributed by atoms with Gasteiger partial charge < -0.3 is 4.74 Å². The van der Waals surface area contributed by atoms with E-state index >= 15 is 0 Å². The second kappa shape index (κ2) is 3.28. The Hall–Kier alpha value is -1.48. The number of fused-ring (bicyclic) bond motifs is 1. The average Bonchev–Trinajstić information content (AvgIpc) is 2.51. The number of cyclic esters (lactones) is 1. The first-order valence-corrected chi connectivity index (χ1v) is 5.01. The van der Waals surface area contributed by atoms with Crippen LogP contribution in [0.3, 0.4) is 0 Å². The van der Waals surface area contributed by atoms with Gasteiger partial charge in [0.05, 0.1) is 12.1 Å². The molecular weight excluding hydrogens is 194 g/mol. The average molecular weight is 207 g/mol. The van der Waals surface area contributed by atoms with Crippen LogP contribution in [0.1, 0.15) is 26.7 Å². The van der Waals surface area contributed by atoms with Crippen molar-refractivity contribution < 1.29 is 9.53 Å². The van der Waals surface area contributed by atoms with Gasteiger partial charge in [0.25, 0.3) is 0 Å². The van der Waals surface area contributed by atoms with E-state index < -0.39 is 5.54 Å². The number of hydrogen-bond donors (Lipinski definition) is 0. The quantitative estimate of drug-likeness (QED) is 0.286. The van der Waals surface area contributed by atoms with Crippen LogP contribution in [-0.4, -0.2) is 18.1 Å². The number of azide groups is 1. The molecule has 0 amide bonds. The highest BCUT2D eigenvalue weighted by Crippen LogP contribution is 2.46. The molecule has 0 unspecified atom stereocenters. The number of carbonyl (C=O) groups excluding carboxylic acids is 1. The zero-order valence-electron chi connectivity index (χ0n) is 8.86. The van der Waals surface area contributed by atoms with Crippen LogP contribution < -0.4 is 0 Å². The van der Waals surface area contributed by atoms with Crippen molar-refractivity contribution in [3.63, 3.8) is 0 Å². The Bertz CT molecular complexity index is 395. The van der Waals surface area contributed by atoms with Gasteiger partial charge in [-0.1, -0.05) is 17.6 Å². The van der Waals surface area contributed by atoms with Crippen LogP contribution in [-0.2, 0) is 9.53 Å². The zero-order chi connectivity index (χ0) is 11.1. The van der Waals surface area contributed by atoms with Gasteiger partial charge in [-0.2, -0.15) is 0 Å². The van der Waals surface area contributed by atoms with Crippen molar-refractivity contribution in [3.8, 4) is 0 Å². The Kier molecular flexibility index (Phi) is 2.20.